The van der Waals surface area contributed by atoms with Gasteiger partial charge in [0.25, 0.3) is 5.91 Å². The summed E-state index contributed by atoms with van der Waals surface area (Å²) in [4.78, 5) is 22.5. The molecule has 0 saturated carbocycles. The summed E-state index contributed by atoms with van der Waals surface area (Å²) in [5.74, 6) is -0.179. The number of aliphatic carboxylic acids is 1. The molecule has 0 atom stereocenters. The smallest absolute Gasteiger partial charge is 0.305 e. The quantitative estimate of drug-likeness (QED) is 0.280. The lowest BCUT2D eigenvalue weighted by atomic mass is 10.0. The van der Waals surface area contributed by atoms with Crippen LogP contribution in [0.3, 0.4) is 0 Å². The van der Waals surface area contributed by atoms with Gasteiger partial charge in [0.05, 0.1) is 13.0 Å². The minimum atomic E-state index is -0.916. The van der Waals surface area contributed by atoms with E-state index in [1.54, 1.807) is 12.1 Å². The molecule has 0 heterocycles. The van der Waals surface area contributed by atoms with Gasteiger partial charge in [0.1, 0.15) is 5.75 Å². The number of carboxylic acid groups (broad SMARTS) is 1. The number of carbonyl (C=O) groups excluding carboxylic acids is 1. The molecule has 0 radical (unpaired) electrons. The average molecular weight is 454 g/mol. The maximum atomic E-state index is 12.0. The van der Waals surface area contributed by atoms with Gasteiger partial charge in [-0.2, -0.15) is 0 Å². The highest BCUT2D eigenvalue weighted by molar-refractivity contribution is 5.94. The van der Waals surface area contributed by atoms with Crippen molar-refractivity contribution in [3.8, 4) is 5.75 Å². The summed E-state index contributed by atoms with van der Waals surface area (Å²) in [7, 11) is 0. The number of amides is 1. The average Bonchev–Trinajstić information content (AvgIpc) is 2.82. The number of hydrogen-bond acceptors (Lipinski definition) is 3. The standard InChI is InChI=1S/C28H39NO4/c1-2-3-7-10-24-14-18-26(19-15-24)33-22-9-6-4-5-8-11-23-12-16-25(17-13-23)28(32)29-21-20-27(30)31/h12-19H,2-11,20-22H2,1H3,(H,29,32)(H,30,31). The van der Waals surface area contributed by atoms with E-state index in [-0.39, 0.29) is 18.9 Å². The molecule has 0 aliphatic rings. The summed E-state index contributed by atoms with van der Waals surface area (Å²) >= 11 is 0. The van der Waals surface area contributed by atoms with Gasteiger partial charge in [-0.05, 0) is 67.5 Å². The molecule has 0 bridgehead atoms. The lowest BCUT2D eigenvalue weighted by molar-refractivity contribution is -0.136. The molecule has 0 aromatic heterocycles. The van der Waals surface area contributed by atoms with Crippen LogP contribution in [0.2, 0.25) is 0 Å². The van der Waals surface area contributed by atoms with Gasteiger partial charge in [-0.3, -0.25) is 9.59 Å². The van der Waals surface area contributed by atoms with Crippen LogP contribution in [0.1, 0.15) is 86.2 Å². The summed E-state index contributed by atoms with van der Waals surface area (Å²) < 4.78 is 5.87. The van der Waals surface area contributed by atoms with Crippen molar-refractivity contribution >= 4 is 11.9 Å². The number of carboxylic acids is 1. The van der Waals surface area contributed by atoms with Gasteiger partial charge in [0, 0.05) is 12.1 Å². The monoisotopic (exact) mass is 453 g/mol. The third-order valence-electron chi connectivity index (χ3n) is 5.71. The second-order valence-electron chi connectivity index (χ2n) is 8.56. The fourth-order valence-electron chi connectivity index (χ4n) is 3.69. The van der Waals surface area contributed by atoms with Gasteiger partial charge >= 0.3 is 5.97 Å². The molecular weight excluding hydrogens is 414 g/mol. The zero-order chi connectivity index (χ0) is 23.7. The normalized spacial score (nSPS) is 10.7. The highest BCUT2D eigenvalue weighted by Crippen LogP contribution is 2.15. The first-order valence-corrected chi connectivity index (χ1v) is 12.4. The Balaban J connectivity index is 1.51. The van der Waals surface area contributed by atoms with Gasteiger partial charge in [0.15, 0.2) is 0 Å². The summed E-state index contributed by atoms with van der Waals surface area (Å²) in [6.45, 7) is 3.15. The lowest BCUT2D eigenvalue weighted by Gasteiger charge is -2.08. The van der Waals surface area contributed by atoms with Crippen LogP contribution in [0, 0.1) is 0 Å². The van der Waals surface area contributed by atoms with Gasteiger partial charge in [-0.25, -0.2) is 0 Å². The van der Waals surface area contributed by atoms with Crippen LogP contribution in [0.4, 0.5) is 0 Å². The van der Waals surface area contributed by atoms with Crippen LogP contribution in [0.5, 0.6) is 5.75 Å². The van der Waals surface area contributed by atoms with E-state index in [9.17, 15) is 9.59 Å². The van der Waals surface area contributed by atoms with Crippen molar-refractivity contribution in [1.82, 2.24) is 5.32 Å². The number of hydrogen-bond donors (Lipinski definition) is 2. The first-order chi connectivity index (χ1) is 16.1. The Morgan fingerprint density at radius 2 is 1.36 bits per heavy atom. The number of benzene rings is 2. The molecule has 0 saturated heterocycles. The Kier molecular flexibility index (Phi) is 12.7. The molecule has 0 unspecified atom stereocenters. The molecule has 0 fully saturated rings. The predicted octanol–water partition coefficient (Wildman–Crippen LogP) is 6.20. The van der Waals surface area contributed by atoms with Crippen LogP contribution in [0.15, 0.2) is 48.5 Å². The third-order valence-corrected chi connectivity index (χ3v) is 5.71. The van der Waals surface area contributed by atoms with Gasteiger partial charge in [0.2, 0.25) is 0 Å². The van der Waals surface area contributed by atoms with Crippen molar-refractivity contribution in [1.29, 1.82) is 0 Å². The zero-order valence-electron chi connectivity index (χ0n) is 20.0. The van der Waals surface area contributed by atoms with Gasteiger partial charge in [-0.1, -0.05) is 63.3 Å². The first kappa shape index (κ1) is 26.4. The van der Waals surface area contributed by atoms with E-state index >= 15 is 0 Å². The molecule has 5 nitrogen and oxygen atoms in total. The molecule has 2 aromatic carbocycles. The van der Waals surface area contributed by atoms with Crippen LogP contribution in [-0.4, -0.2) is 30.1 Å². The Labute approximate surface area is 198 Å². The Morgan fingerprint density at radius 3 is 2.00 bits per heavy atom. The van der Waals surface area contributed by atoms with E-state index in [1.165, 1.54) is 49.7 Å². The largest absolute Gasteiger partial charge is 0.494 e. The number of nitrogens with one attached hydrogen (secondary N) is 1. The number of ether oxygens (including phenoxy) is 1. The molecule has 0 aliphatic heterocycles. The van der Waals surface area contributed by atoms with E-state index < -0.39 is 5.97 Å². The Hall–Kier alpha value is -2.82. The van der Waals surface area contributed by atoms with Crippen LogP contribution < -0.4 is 10.1 Å². The molecule has 1 amide bonds. The second kappa shape index (κ2) is 15.9. The fraction of sp³-hybridized carbons (Fsp3) is 0.500. The first-order valence-electron chi connectivity index (χ1n) is 12.4. The fourth-order valence-corrected chi connectivity index (χ4v) is 3.69. The number of rotatable bonds is 17. The maximum absolute atomic E-state index is 12.0. The van der Waals surface area contributed by atoms with Crippen LogP contribution >= 0.6 is 0 Å². The molecule has 2 aromatic rings. The summed E-state index contributed by atoms with van der Waals surface area (Å²) in [6, 6.07) is 16.1. The van der Waals surface area contributed by atoms with Crippen molar-refractivity contribution < 1.29 is 19.4 Å². The molecule has 2 N–H and O–H groups in total. The van der Waals surface area contributed by atoms with Crippen molar-refractivity contribution in [3.05, 3.63) is 65.2 Å². The van der Waals surface area contributed by atoms with E-state index in [2.05, 4.69) is 36.5 Å². The third kappa shape index (κ3) is 11.6. The molecule has 0 aliphatic carbocycles. The molecule has 180 valence electrons. The van der Waals surface area contributed by atoms with Gasteiger partial charge < -0.3 is 15.2 Å². The number of aryl methyl sites for hydroxylation is 2. The number of unbranched alkanes of at least 4 members (excludes halogenated alkanes) is 6. The van der Waals surface area contributed by atoms with Crippen LogP contribution in [-0.2, 0) is 17.6 Å². The SMILES string of the molecule is CCCCCc1ccc(OCCCCCCCc2ccc(C(=O)NCCC(=O)O)cc2)cc1. The second-order valence-corrected chi connectivity index (χ2v) is 8.56. The topological polar surface area (TPSA) is 75.6 Å². The predicted molar refractivity (Wildman–Crippen MR) is 133 cm³/mol. The summed E-state index contributed by atoms with van der Waals surface area (Å²) in [5, 5.41) is 11.2. The minimum absolute atomic E-state index is 0.0672. The Morgan fingerprint density at radius 1 is 0.788 bits per heavy atom. The molecule has 33 heavy (non-hydrogen) atoms. The van der Waals surface area contributed by atoms with Crippen molar-refractivity contribution in [3.63, 3.8) is 0 Å². The van der Waals surface area contributed by atoms with Gasteiger partial charge in [-0.15, -0.1) is 0 Å². The van der Waals surface area contributed by atoms with E-state index in [0.29, 0.717) is 5.56 Å². The maximum Gasteiger partial charge on any atom is 0.305 e. The molecule has 0 spiro atoms. The van der Waals surface area contributed by atoms with Crippen LogP contribution in [0.25, 0.3) is 0 Å². The summed E-state index contributed by atoms with van der Waals surface area (Å²) in [5.41, 5.74) is 3.18. The van der Waals surface area contributed by atoms with E-state index in [4.69, 9.17) is 9.84 Å². The molecule has 2 rings (SSSR count). The van der Waals surface area contributed by atoms with E-state index in [0.717, 1.165) is 38.0 Å². The number of carbonyl (C=O) groups is 2. The van der Waals surface area contributed by atoms with Crippen molar-refractivity contribution in [2.24, 2.45) is 0 Å². The zero-order valence-corrected chi connectivity index (χ0v) is 20.0. The van der Waals surface area contributed by atoms with Crippen molar-refractivity contribution in [2.45, 2.75) is 77.6 Å². The Bertz CT molecular complexity index is 815. The minimum Gasteiger partial charge on any atom is -0.494 e. The summed E-state index contributed by atoms with van der Waals surface area (Å²) in [6.07, 6.45) is 11.7. The molecule has 5 heteroatoms. The van der Waals surface area contributed by atoms with Crippen molar-refractivity contribution in [2.75, 3.05) is 13.2 Å². The highest BCUT2D eigenvalue weighted by atomic mass is 16.5. The molecular formula is C28H39NO4. The lowest BCUT2D eigenvalue weighted by Crippen LogP contribution is -2.25. The highest BCUT2D eigenvalue weighted by Gasteiger charge is 2.06. The van der Waals surface area contributed by atoms with E-state index in [1.807, 2.05) is 12.1 Å².